The van der Waals surface area contributed by atoms with Gasteiger partial charge in [0.1, 0.15) is 35.2 Å². The number of hydrogen-bond donors (Lipinski definition) is 3. The van der Waals surface area contributed by atoms with E-state index in [1.165, 1.54) is 77.3 Å². The minimum atomic E-state index is -1.66. The highest BCUT2D eigenvalue weighted by Crippen LogP contribution is 2.52. The third kappa shape index (κ3) is 9.16. The van der Waals surface area contributed by atoms with Crippen molar-refractivity contribution in [2.24, 2.45) is 5.92 Å². The number of allylic oxidation sites excluding steroid dienone is 3. The van der Waals surface area contributed by atoms with Crippen LogP contribution >= 0.6 is 34.7 Å². The number of thiazole rings is 1. The van der Waals surface area contributed by atoms with Crippen molar-refractivity contribution in [2.75, 3.05) is 35.4 Å². The van der Waals surface area contributed by atoms with Crippen LogP contribution in [0.2, 0.25) is 5.02 Å². The zero-order valence-electron chi connectivity index (χ0n) is 33.0. The van der Waals surface area contributed by atoms with Gasteiger partial charge in [0.25, 0.3) is 17.7 Å². The Kier molecular flexibility index (Phi) is 12.6. The molecule has 1 saturated carbocycles. The third-order valence-corrected chi connectivity index (χ3v) is 12.8. The van der Waals surface area contributed by atoms with Crippen molar-refractivity contribution in [1.82, 2.24) is 15.6 Å². The molecule has 4 aromatic carbocycles. The van der Waals surface area contributed by atoms with Crippen LogP contribution in [0.3, 0.4) is 0 Å². The molecule has 2 aliphatic carbocycles. The van der Waals surface area contributed by atoms with Crippen LogP contribution in [0.5, 0.6) is 0 Å². The average molecular weight is 891 g/mol. The number of anilines is 3. The first-order valence-electron chi connectivity index (χ1n) is 19.1. The van der Waals surface area contributed by atoms with E-state index < -0.39 is 71.2 Å². The molecule has 4 atom stereocenters. The molecule has 1 fully saturated rings. The average Bonchev–Trinajstić information content (AvgIpc) is 3.75. The van der Waals surface area contributed by atoms with Gasteiger partial charge in [0, 0.05) is 60.9 Å². The number of carbonyl (C=O) groups excluding carboxylic acids is 4. The summed E-state index contributed by atoms with van der Waals surface area (Å²) in [5, 5.41) is 5.08. The van der Waals surface area contributed by atoms with Gasteiger partial charge in [-0.15, -0.1) is 23.1 Å². The lowest BCUT2D eigenvalue weighted by atomic mass is 9.97. The van der Waals surface area contributed by atoms with E-state index in [2.05, 4.69) is 15.6 Å². The Morgan fingerprint density at radius 1 is 0.967 bits per heavy atom. The Hall–Kier alpha value is -5.71. The molecule has 10 nitrogen and oxygen atoms in total. The Labute approximate surface area is 361 Å². The summed E-state index contributed by atoms with van der Waals surface area (Å²) in [6.45, 7) is 1.97. The van der Waals surface area contributed by atoms with Crippen molar-refractivity contribution in [3.63, 3.8) is 0 Å². The van der Waals surface area contributed by atoms with Crippen LogP contribution in [0.15, 0.2) is 107 Å². The molecule has 4 N–H and O–H groups in total. The highest BCUT2D eigenvalue weighted by Gasteiger charge is 2.63. The van der Waals surface area contributed by atoms with Crippen LogP contribution < -0.4 is 26.2 Å². The fourth-order valence-corrected chi connectivity index (χ4v) is 9.13. The topological polar surface area (TPSA) is 138 Å². The number of rotatable bonds is 13. The second kappa shape index (κ2) is 17.7. The maximum atomic E-state index is 14.6. The van der Waals surface area contributed by atoms with E-state index >= 15 is 0 Å². The van der Waals surface area contributed by atoms with Crippen molar-refractivity contribution < 1.29 is 36.7 Å². The highest BCUT2D eigenvalue weighted by molar-refractivity contribution is 7.99. The van der Waals surface area contributed by atoms with E-state index in [0.717, 1.165) is 27.5 Å². The Balaban J connectivity index is 1.17. The normalized spacial score (nSPS) is 18.8. The fourth-order valence-electron chi connectivity index (χ4n) is 7.47. The SMILES string of the molecule is CCSc1ccc(N(C)C(=O)[C@H](Cc2cc(F)cc(F)c2)NC(=O)c2cccc(C(=O)NC3(C(=O)N(C)c4ccc5scnc5c4)CC3C3=CC(F)CC(F)=C3)c2Cl)cc1N. The van der Waals surface area contributed by atoms with Gasteiger partial charge in [-0.2, -0.15) is 0 Å². The van der Waals surface area contributed by atoms with Crippen LogP contribution in [-0.4, -0.2) is 66.2 Å². The van der Waals surface area contributed by atoms with Gasteiger partial charge in [-0.25, -0.2) is 22.5 Å². The Bertz CT molecular complexity index is 2620. The molecule has 5 aromatic rings. The lowest BCUT2D eigenvalue weighted by Crippen LogP contribution is -2.51. The van der Waals surface area contributed by atoms with E-state index in [9.17, 15) is 36.7 Å². The summed E-state index contributed by atoms with van der Waals surface area (Å²) in [6.07, 6.45) is 0.00720. The van der Waals surface area contributed by atoms with E-state index in [1.807, 2.05) is 6.92 Å². The number of nitrogens with one attached hydrogen (secondary N) is 2. The van der Waals surface area contributed by atoms with Gasteiger partial charge in [-0.1, -0.05) is 24.6 Å². The maximum Gasteiger partial charge on any atom is 0.253 e. The molecule has 0 radical (unpaired) electrons. The monoisotopic (exact) mass is 890 g/mol. The molecule has 316 valence electrons. The predicted octanol–water partition coefficient (Wildman–Crippen LogP) is 8.60. The Morgan fingerprint density at radius 2 is 1.66 bits per heavy atom. The number of nitrogen functional groups attached to an aromatic ring is 1. The van der Waals surface area contributed by atoms with Gasteiger partial charge in [-0.3, -0.25) is 19.2 Å². The van der Waals surface area contributed by atoms with Gasteiger partial charge >= 0.3 is 0 Å². The summed E-state index contributed by atoms with van der Waals surface area (Å²) in [5.41, 5.74) is 8.03. The van der Waals surface area contributed by atoms with Crippen molar-refractivity contribution in [3.8, 4) is 0 Å². The van der Waals surface area contributed by atoms with Gasteiger partial charge < -0.3 is 26.2 Å². The summed E-state index contributed by atoms with van der Waals surface area (Å²) >= 11 is 9.72. The number of amides is 4. The van der Waals surface area contributed by atoms with E-state index in [0.29, 0.717) is 28.6 Å². The summed E-state index contributed by atoms with van der Waals surface area (Å²) in [4.78, 5) is 64.5. The third-order valence-electron chi connectivity index (χ3n) is 10.6. The Morgan fingerprint density at radius 3 is 2.34 bits per heavy atom. The number of hydrogen-bond acceptors (Lipinski definition) is 8. The fraction of sp³-hybridized carbons (Fsp3) is 0.250. The number of fused-ring (bicyclic) bond motifs is 1. The first kappa shape index (κ1) is 43.4. The van der Waals surface area contributed by atoms with Crippen molar-refractivity contribution in [3.05, 3.63) is 135 Å². The minimum Gasteiger partial charge on any atom is -0.398 e. The molecule has 4 amide bonds. The number of halogens is 5. The van der Waals surface area contributed by atoms with E-state index in [1.54, 1.807) is 41.9 Å². The predicted molar refractivity (Wildman–Crippen MR) is 232 cm³/mol. The lowest BCUT2D eigenvalue weighted by molar-refractivity contribution is -0.121. The zero-order chi connectivity index (χ0) is 43.7. The quantitative estimate of drug-likeness (QED) is 0.0612. The van der Waals surface area contributed by atoms with Crippen LogP contribution in [-0.2, 0) is 16.0 Å². The van der Waals surface area contributed by atoms with Crippen LogP contribution in [0, 0.1) is 17.6 Å². The van der Waals surface area contributed by atoms with Gasteiger partial charge in [0.05, 0.1) is 31.9 Å². The zero-order valence-corrected chi connectivity index (χ0v) is 35.4. The molecule has 2 aliphatic rings. The molecule has 1 heterocycles. The van der Waals surface area contributed by atoms with Crippen LogP contribution in [0.1, 0.15) is 46.0 Å². The summed E-state index contributed by atoms with van der Waals surface area (Å²) in [7, 11) is 2.98. The number of likely N-dealkylation sites (N-methyl/N-ethyl adjacent to an activating group) is 2. The minimum absolute atomic E-state index is 0.00475. The molecular formula is C44H39ClF4N6O4S2. The number of nitrogens with two attached hydrogens (primary N) is 1. The molecule has 0 bridgehead atoms. The van der Waals surface area contributed by atoms with Gasteiger partial charge in [-0.05, 0) is 96.1 Å². The van der Waals surface area contributed by atoms with Crippen molar-refractivity contribution >= 4 is 85.6 Å². The number of carbonyl (C=O) groups is 4. The number of thioether (sulfide) groups is 1. The molecule has 61 heavy (non-hydrogen) atoms. The second-order valence-electron chi connectivity index (χ2n) is 14.8. The molecule has 0 spiro atoms. The molecular weight excluding hydrogens is 852 g/mol. The number of nitrogens with zero attached hydrogens (tertiary/aromatic N) is 3. The van der Waals surface area contributed by atoms with Gasteiger partial charge in [0.15, 0.2) is 0 Å². The summed E-state index contributed by atoms with van der Waals surface area (Å²) < 4.78 is 58.6. The molecule has 17 heteroatoms. The first-order valence-corrected chi connectivity index (χ1v) is 21.3. The molecule has 0 aliphatic heterocycles. The van der Waals surface area contributed by atoms with E-state index in [4.69, 9.17) is 17.3 Å². The van der Waals surface area contributed by atoms with Gasteiger partial charge in [0.2, 0.25) is 5.91 Å². The van der Waals surface area contributed by atoms with Crippen LogP contribution in [0.25, 0.3) is 10.2 Å². The molecule has 1 aromatic heterocycles. The molecule has 0 saturated heterocycles. The number of benzene rings is 4. The molecule has 3 unspecified atom stereocenters. The lowest BCUT2D eigenvalue weighted by Gasteiger charge is -2.27. The maximum absolute atomic E-state index is 14.6. The van der Waals surface area contributed by atoms with E-state index in [-0.39, 0.29) is 40.1 Å². The second-order valence-corrected chi connectivity index (χ2v) is 17.3. The van der Waals surface area contributed by atoms with Crippen molar-refractivity contribution in [1.29, 1.82) is 0 Å². The number of aromatic nitrogens is 1. The first-order chi connectivity index (χ1) is 29.1. The summed E-state index contributed by atoms with van der Waals surface area (Å²) in [6, 6.07) is 15.7. The smallest absolute Gasteiger partial charge is 0.253 e. The summed E-state index contributed by atoms with van der Waals surface area (Å²) in [5.74, 6) is -5.49. The largest absolute Gasteiger partial charge is 0.398 e. The van der Waals surface area contributed by atoms with Crippen LogP contribution in [0.4, 0.5) is 34.6 Å². The highest BCUT2D eigenvalue weighted by atomic mass is 35.5. The number of alkyl halides is 1. The molecule has 7 rings (SSSR count). The van der Waals surface area contributed by atoms with Crippen molar-refractivity contribution in [2.45, 2.75) is 48.8 Å². The standard InChI is InChI=1S/C44H39ClF4N6O4S2/c1-4-60-37-10-8-29(19-34(37)50)54(2)42(58)36(14-23-12-25(46)17-26(47)13-23)52-40(56)31-6-5-7-32(39(31)45)41(57)53-44(21-33(44)24-15-27(48)18-28(49)16-24)43(59)55(3)30-9-11-38-35(20-30)51-22-61-38/h5-13,15-17,19-20,22,27,33,36H,4,14,18,21,50H2,1-3H3,(H,52,56)(H,53,57)/t27?,33?,36-,44?/m0/s1.